The Morgan fingerprint density at radius 1 is 1.50 bits per heavy atom. The van der Waals surface area contributed by atoms with Gasteiger partial charge in [-0.25, -0.2) is 4.39 Å². The summed E-state index contributed by atoms with van der Waals surface area (Å²) < 4.78 is 18.9. The van der Waals surface area contributed by atoms with Crippen molar-refractivity contribution >= 4 is 5.97 Å². The van der Waals surface area contributed by atoms with Crippen LogP contribution in [0.2, 0.25) is 0 Å². The first-order valence-corrected chi connectivity index (χ1v) is 6.46. The summed E-state index contributed by atoms with van der Waals surface area (Å²) in [5.74, 6) is -1.25. The average Bonchev–Trinajstić information content (AvgIpc) is 2.38. The molecule has 1 aliphatic rings. The fraction of sp³-hybridized carbons (Fsp3) is 0.500. The van der Waals surface area contributed by atoms with Crippen molar-refractivity contribution in [1.29, 1.82) is 0 Å². The molecule has 0 aliphatic carbocycles. The fourth-order valence-corrected chi connectivity index (χ4v) is 2.53. The van der Waals surface area contributed by atoms with Crippen molar-refractivity contribution in [1.82, 2.24) is 4.90 Å². The number of halogens is 1. The number of aliphatic carboxylic acids is 1. The Kier molecular flexibility index (Phi) is 4.69. The molecule has 0 radical (unpaired) electrons. The Morgan fingerprint density at radius 2 is 2.30 bits per heavy atom. The van der Waals surface area contributed by atoms with Gasteiger partial charge < -0.3 is 14.9 Å². The third kappa shape index (κ3) is 3.75. The van der Waals surface area contributed by atoms with E-state index in [-0.39, 0.29) is 19.0 Å². The Bertz CT molecular complexity index is 482. The van der Waals surface area contributed by atoms with Crippen molar-refractivity contribution in [2.45, 2.75) is 12.0 Å². The number of carboxylic acid groups (broad SMARTS) is 1. The molecule has 110 valence electrons. The van der Waals surface area contributed by atoms with Gasteiger partial charge in [-0.3, -0.25) is 9.69 Å². The Morgan fingerprint density at radius 3 is 2.95 bits per heavy atom. The van der Waals surface area contributed by atoms with Crippen LogP contribution < -0.4 is 0 Å². The highest BCUT2D eigenvalue weighted by atomic mass is 19.1. The summed E-state index contributed by atoms with van der Waals surface area (Å²) in [6.07, 6.45) is 0.345. The van der Waals surface area contributed by atoms with E-state index >= 15 is 0 Å². The number of rotatable bonds is 5. The lowest BCUT2D eigenvalue weighted by Crippen LogP contribution is -2.56. The van der Waals surface area contributed by atoms with Crippen molar-refractivity contribution in [3.05, 3.63) is 35.6 Å². The standard InChI is InChI=1S/C14H18FNO4/c15-12-3-1-2-11(6-12)7-14(10-17)9-16(4-5-20-14)8-13(18)19/h1-3,6,17H,4-5,7-10H2,(H,18,19)/t14-/m1/s1. The molecule has 1 aromatic carbocycles. The molecule has 1 aliphatic heterocycles. The molecule has 0 saturated carbocycles. The average molecular weight is 283 g/mol. The maximum atomic E-state index is 13.2. The second-order valence-electron chi connectivity index (χ2n) is 5.10. The number of aliphatic hydroxyl groups excluding tert-OH is 1. The van der Waals surface area contributed by atoms with Gasteiger partial charge in [0.2, 0.25) is 0 Å². The van der Waals surface area contributed by atoms with Crippen LogP contribution in [0.5, 0.6) is 0 Å². The van der Waals surface area contributed by atoms with Gasteiger partial charge in [-0.2, -0.15) is 0 Å². The third-order valence-electron chi connectivity index (χ3n) is 3.39. The molecule has 1 atom stereocenters. The fourth-order valence-electron chi connectivity index (χ4n) is 2.53. The summed E-state index contributed by atoms with van der Waals surface area (Å²) in [5.41, 5.74) is -0.155. The van der Waals surface area contributed by atoms with Gasteiger partial charge in [0, 0.05) is 19.5 Å². The number of aliphatic hydroxyl groups is 1. The Hall–Kier alpha value is -1.50. The quantitative estimate of drug-likeness (QED) is 0.824. The van der Waals surface area contributed by atoms with Gasteiger partial charge in [0.1, 0.15) is 11.4 Å². The van der Waals surface area contributed by atoms with E-state index in [1.807, 2.05) is 0 Å². The van der Waals surface area contributed by atoms with Gasteiger partial charge in [-0.1, -0.05) is 12.1 Å². The lowest BCUT2D eigenvalue weighted by atomic mass is 9.93. The van der Waals surface area contributed by atoms with Crippen LogP contribution in [0.25, 0.3) is 0 Å². The van der Waals surface area contributed by atoms with Gasteiger partial charge >= 0.3 is 5.97 Å². The molecule has 0 unspecified atom stereocenters. The smallest absolute Gasteiger partial charge is 0.317 e. The number of carboxylic acids is 1. The van der Waals surface area contributed by atoms with Crippen LogP contribution in [-0.4, -0.2) is 59.5 Å². The molecule has 2 rings (SSSR count). The van der Waals surface area contributed by atoms with Crippen molar-refractivity contribution in [2.24, 2.45) is 0 Å². The molecule has 0 bridgehead atoms. The minimum absolute atomic E-state index is 0.0890. The molecular weight excluding hydrogens is 265 g/mol. The van der Waals surface area contributed by atoms with E-state index in [1.54, 1.807) is 17.0 Å². The number of benzene rings is 1. The second kappa shape index (κ2) is 6.30. The molecule has 2 N–H and O–H groups in total. The molecule has 5 nitrogen and oxygen atoms in total. The lowest BCUT2D eigenvalue weighted by molar-refractivity contribution is -0.150. The zero-order valence-electron chi connectivity index (χ0n) is 11.1. The highest BCUT2D eigenvalue weighted by Gasteiger charge is 2.37. The normalized spacial score (nSPS) is 23.7. The first kappa shape index (κ1) is 14.9. The van der Waals surface area contributed by atoms with E-state index < -0.39 is 11.6 Å². The van der Waals surface area contributed by atoms with E-state index in [4.69, 9.17) is 9.84 Å². The lowest BCUT2D eigenvalue weighted by Gasteiger charge is -2.41. The number of ether oxygens (including phenoxy) is 1. The summed E-state index contributed by atoms with van der Waals surface area (Å²) in [4.78, 5) is 12.5. The maximum absolute atomic E-state index is 13.2. The number of hydrogen-bond donors (Lipinski definition) is 2. The molecule has 20 heavy (non-hydrogen) atoms. The molecule has 1 saturated heterocycles. The van der Waals surface area contributed by atoms with Crippen LogP contribution in [0.15, 0.2) is 24.3 Å². The predicted octanol–water partition coefficient (Wildman–Crippen LogP) is 0.516. The highest BCUT2D eigenvalue weighted by Crippen LogP contribution is 2.23. The maximum Gasteiger partial charge on any atom is 0.317 e. The van der Waals surface area contributed by atoms with Crippen LogP contribution in [0.3, 0.4) is 0 Å². The third-order valence-corrected chi connectivity index (χ3v) is 3.39. The molecule has 6 heteroatoms. The summed E-state index contributed by atoms with van der Waals surface area (Å²) in [7, 11) is 0. The van der Waals surface area contributed by atoms with E-state index in [0.29, 0.717) is 26.1 Å². The van der Waals surface area contributed by atoms with Crippen molar-refractivity contribution in [3.8, 4) is 0 Å². The number of morpholine rings is 1. The van der Waals surface area contributed by atoms with E-state index in [2.05, 4.69) is 0 Å². The van der Waals surface area contributed by atoms with Crippen LogP contribution >= 0.6 is 0 Å². The first-order valence-electron chi connectivity index (χ1n) is 6.46. The van der Waals surface area contributed by atoms with Crippen LogP contribution in [0.1, 0.15) is 5.56 Å². The predicted molar refractivity (Wildman–Crippen MR) is 69.9 cm³/mol. The second-order valence-corrected chi connectivity index (χ2v) is 5.10. The molecule has 0 aromatic heterocycles. The SMILES string of the molecule is O=C(O)CN1CCO[C@](CO)(Cc2cccc(F)c2)C1. The zero-order valence-corrected chi connectivity index (χ0v) is 11.1. The van der Waals surface area contributed by atoms with Crippen molar-refractivity contribution in [2.75, 3.05) is 32.8 Å². The Labute approximate surface area is 116 Å². The molecule has 0 spiro atoms. The van der Waals surface area contributed by atoms with Gasteiger partial charge in [-0.05, 0) is 17.7 Å². The van der Waals surface area contributed by atoms with Gasteiger partial charge in [0.25, 0.3) is 0 Å². The summed E-state index contributed by atoms with van der Waals surface area (Å²) in [5, 5.41) is 18.5. The van der Waals surface area contributed by atoms with E-state index in [1.165, 1.54) is 12.1 Å². The van der Waals surface area contributed by atoms with E-state index in [9.17, 15) is 14.3 Å². The van der Waals surface area contributed by atoms with Crippen LogP contribution in [0.4, 0.5) is 4.39 Å². The first-order chi connectivity index (χ1) is 9.53. The van der Waals surface area contributed by atoms with Gasteiger partial charge in [0.15, 0.2) is 0 Å². The monoisotopic (exact) mass is 283 g/mol. The molecule has 1 heterocycles. The molecule has 0 amide bonds. The minimum atomic E-state index is -0.913. The van der Waals surface area contributed by atoms with Crippen molar-refractivity contribution < 1.29 is 24.1 Å². The van der Waals surface area contributed by atoms with Gasteiger partial charge in [0.05, 0.1) is 19.8 Å². The van der Waals surface area contributed by atoms with Crippen LogP contribution in [-0.2, 0) is 16.0 Å². The molecule has 1 fully saturated rings. The summed E-state index contributed by atoms with van der Waals surface area (Å²) >= 11 is 0. The van der Waals surface area contributed by atoms with E-state index in [0.717, 1.165) is 5.56 Å². The zero-order chi connectivity index (χ0) is 14.6. The number of hydrogen-bond acceptors (Lipinski definition) is 4. The topological polar surface area (TPSA) is 70.0 Å². The number of nitrogens with zero attached hydrogens (tertiary/aromatic N) is 1. The highest BCUT2D eigenvalue weighted by molar-refractivity contribution is 5.69. The van der Waals surface area contributed by atoms with Gasteiger partial charge in [-0.15, -0.1) is 0 Å². The Balaban J connectivity index is 2.10. The molecular formula is C14H18FNO4. The summed E-state index contributed by atoms with van der Waals surface area (Å²) in [6.45, 7) is 0.848. The number of carbonyl (C=O) groups is 1. The summed E-state index contributed by atoms with van der Waals surface area (Å²) in [6, 6.07) is 6.12. The van der Waals surface area contributed by atoms with Crippen LogP contribution in [0, 0.1) is 5.82 Å². The largest absolute Gasteiger partial charge is 0.480 e. The minimum Gasteiger partial charge on any atom is -0.480 e. The van der Waals surface area contributed by atoms with Crippen molar-refractivity contribution in [3.63, 3.8) is 0 Å². The molecule has 1 aromatic rings.